The van der Waals surface area contributed by atoms with Crippen molar-refractivity contribution < 1.29 is 13.7 Å². The van der Waals surface area contributed by atoms with Gasteiger partial charge < -0.3 is 14.7 Å². The molecule has 0 saturated carbocycles. The summed E-state index contributed by atoms with van der Waals surface area (Å²) in [4.78, 5) is 6.47. The van der Waals surface area contributed by atoms with Crippen LogP contribution >= 0.6 is 34.8 Å². The Morgan fingerprint density at radius 2 is 0.537 bits per heavy atom. The molecule has 0 bridgehead atoms. The van der Waals surface area contributed by atoms with Gasteiger partial charge >= 0.3 is 0 Å². The lowest BCUT2D eigenvalue weighted by atomic mass is 10.0. The molecule has 4 aromatic carbocycles. The van der Waals surface area contributed by atoms with Gasteiger partial charge in [0.15, 0.2) is 56.8 Å². The van der Waals surface area contributed by atoms with Crippen LogP contribution in [-0.4, -0.2) is 21.1 Å². The summed E-state index contributed by atoms with van der Waals surface area (Å²) in [5.41, 5.74) is 10.3. The molecule has 0 atom stereocenters. The Kier molecular flexibility index (Phi) is 11.4. The van der Waals surface area contributed by atoms with Gasteiger partial charge in [-0.15, -0.1) is 0 Å². The molecular weight excluding hydrogens is 731 g/mol. The lowest BCUT2D eigenvalue weighted by Crippen LogP contribution is -2.36. The Hall–Kier alpha value is -5.40. The van der Waals surface area contributed by atoms with Crippen molar-refractivity contribution >= 4 is 68.9 Å². The first-order valence-electron chi connectivity index (χ1n) is 17.7. The fourth-order valence-electron chi connectivity index (χ4n) is 6.52. The normalized spacial score (nSPS) is 11.0. The Morgan fingerprint density at radius 3 is 0.759 bits per heavy atom. The maximum atomic E-state index is 6.12. The summed E-state index contributed by atoms with van der Waals surface area (Å²) in [7, 11) is 6.20. The lowest BCUT2D eigenvalue weighted by Gasteiger charge is -2.19. The molecule has 6 nitrogen and oxygen atoms in total. The van der Waals surface area contributed by atoms with Gasteiger partial charge in [0.1, 0.15) is 0 Å². The third-order valence-corrected chi connectivity index (χ3v) is 10.4. The van der Waals surface area contributed by atoms with E-state index in [1.165, 1.54) is 16.7 Å². The zero-order valence-electron chi connectivity index (χ0n) is 30.5. The summed E-state index contributed by atoms with van der Waals surface area (Å²) in [6.07, 6.45) is 12.9. The zero-order chi connectivity index (χ0) is 37.6. The minimum absolute atomic E-state index is 0.731. The van der Waals surface area contributed by atoms with E-state index in [1.54, 1.807) is 0 Å². The maximum absolute atomic E-state index is 6.12. The van der Waals surface area contributed by atoms with Crippen molar-refractivity contribution in [3.8, 4) is 0 Å². The van der Waals surface area contributed by atoms with Crippen molar-refractivity contribution in [1.82, 2.24) is 0 Å². The first kappa shape index (κ1) is 36.9. The monoisotopic (exact) mass is 771 g/mol. The number of hydrogen-bond acceptors (Lipinski definition) is 3. The molecular formula is C45H42Cl3N6+3. The smallest absolute Gasteiger partial charge is 0.173 e. The van der Waals surface area contributed by atoms with Gasteiger partial charge in [0.25, 0.3) is 0 Å². The highest BCUT2D eigenvalue weighted by Crippen LogP contribution is 2.26. The average molecular weight is 773 g/mol. The van der Waals surface area contributed by atoms with Crippen LogP contribution in [0.25, 0.3) is 0 Å². The third-order valence-electron chi connectivity index (χ3n) is 9.63. The summed E-state index contributed by atoms with van der Waals surface area (Å²) in [5, 5.41) is 2.19. The molecule has 0 aliphatic heterocycles. The SMILES string of the molecule is CN(c1ccc(Cl)cc1)c1cc[n+](Cc2cc(C[n+]3ccc(N(C)c4ccc(Cl)cc4)cc3)cc(C[n+]3ccc(N(C)c4ccc(Cl)cc4)cc3)c2)cc1. The van der Waals surface area contributed by atoms with Crippen LogP contribution in [0.15, 0.2) is 165 Å². The van der Waals surface area contributed by atoms with E-state index < -0.39 is 0 Å². The molecule has 0 aliphatic rings. The largest absolute Gasteiger partial charge is 0.344 e. The van der Waals surface area contributed by atoms with E-state index in [4.69, 9.17) is 34.8 Å². The Morgan fingerprint density at radius 1 is 0.333 bits per heavy atom. The number of aromatic nitrogens is 3. The van der Waals surface area contributed by atoms with Crippen molar-refractivity contribution in [3.05, 3.63) is 196 Å². The van der Waals surface area contributed by atoms with Crippen LogP contribution < -0.4 is 28.4 Å². The minimum Gasteiger partial charge on any atom is -0.344 e. The van der Waals surface area contributed by atoms with Gasteiger partial charge in [-0.2, -0.15) is 0 Å². The highest BCUT2D eigenvalue weighted by molar-refractivity contribution is 6.31. The molecule has 3 heterocycles. The van der Waals surface area contributed by atoms with Gasteiger partial charge in [0, 0.05) is 106 Å². The molecule has 0 amide bonds. The van der Waals surface area contributed by atoms with Gasteiger partial charge in [0.05, 0.1) is 17.1 Å². The van der Waals surface area contributed by atoms with Gasteiger partial charge in [0.2, 0.25) is 0 Å². The molecule has 0 aliphatic carbocycles. The van der Waals surface area contributed by atoms with E-state index in [2.05, 4.69) is 141 Å². The van der Waals surface area contributed by atoms with Crippen LogP contribution in [0.1, 0.15) is 16.7 Å². The minimum atomic E-state index is 0.731. The molecule has 3 aromatic heterocycles. The van der Waals surface area contributed by atoms with Crippen LogP contribution in [0.5, 0.6) is 0 Å². The van der Waals surface area contributed by atoms with E-state index in [1.807, 2.05) is 72.8 Å². The standard InChI is InChI=1S/C45H42Cl3N6/c1-49(40-10-4-37(46)5-11-40)43-16-22-52(23-17-43)31-34-28-35(32-53-24-18-44(19-25-53)50(2)41-12-6-38(47)7-13-41)30-36(29-34)33-54-26-20-45(21-27-54)51(3)42-14-8-39(48)9-15-42/h4-30H,31-33H2,1-3H3/q+3. The zero-order valence-corrected chi connectivity index (χ0v) is 32.8. The second-order valence-corrected chi connectivity index (χ2v) is 14.8. The predicted octanol–water partition coefficient (Wildman–Crippen LogP) is 9.96. The molecule has 0 unspecified atom stereocenters. The van der Waals surface area contributed by atoms with E-state index in [0.717, 1.165) is 68.8 Å². The second-order valence-electron chi connectivity index (χ2n) is 13.5. The summed E-state index contributed by atoms with van der Waals surface area (Å²) >= 11 is 18.4. The van der Waals surface area contributed by atoms with Crippen LogP contribution in [-0.2, 0) is 19.6 Å². The average Bonchev–Trinajstić information content (AvgIpc) is 3.19. The van der Waals surface area contributed by atoms with Gasteiger partial charge in [-0.3, -0.25) is 0 Å². The fourth-order valence-corrected chi connectivity index (χ4v) is 6.90. The number of halogens is 3. The number of benzene rings is 4. The molecule has 9 heteroatoms. The molecule has 54 heavy (non-hydrogen) atoms. The Bertz CT molecular complexity index is 2020. The Balaban J connectivity index is 1.11. The van der Waals surface area contributed by atoms with Crippen molar-refractivity contribution in [2.45, 2.75) is 19.6 Å². The summed E-state index contributed by atoms with van der Waals surface area (Å²) in [6, 6.07) is 43.5. The molecule has 270 valence electrons. The molecule has 7 aromatic rings. The summed E-state index contributed by atoms with van der Waals surface area (Å²) in [6.45, 7) is 2.24. The highest BCUT2D eigenvalue weighted by Gasteiger charge is 2.15. The van der Waals surface area contributed by atoms with E-state index >= 15 is 0 Å². The van der Waals surface area contributed by atoms with E-state index in [9.17, 15) is 0 Å². The lowest BCUT2D eigenvalue weighted by molar-refractivity contribution is -0.690. The van der Waals surface area contributed by atoms with E-state index in [0.29, 0.717) is 0 Å². The van der Waals surface area contributed by atoms with Crippen LogP contribution in [0, 0.1) is 0 Å². The summed E-state index contributed by atoms with van der Waals surface area (Å²) in [5.74, 6) is 0. The van der Waals surface area contributed by atoms with E-state index in [-0.39, 0.29) is 0 Å². The first-order valence-corrected chi connectivity index (χ1v) is 18.9. The van der Waals surface area contributed by atoms with Gasteiger partial charge in [-0.1, -0.05) is 34.8 Å². The highest BCUT2D eigenvalue weighted by atomic mass is 35.5. The molecule has 0 fully saturated rings. The van der Waals surface area contributed by atoms with Gasteiger partial charge in [-0.25, -0.2) is 13.7 Å². The first-order chi connectivity index (χ1) is 26.2. The molecule has 7 rings (SSSR count). The fraction of sp³-hybridized carbons (Fsp3) is 0.133. The quantitative estimate of drug-likeness (QED) is 0.116. The molecule has 0 spiro atoms. The van der Waals surface area contributed by atoms with Crippen molar-refractivity contribution in [2.24, 2.45) is 0 Å². The van der Waals surface area contributed by atoms with Crippen molar-refractivity contribution in [2.75, 3.05) is 35.8 Å². The number of anilines is 6. The number of hydrogen-bond donors (Lipinski definition) is 0. The second kappa shape index (κ2) is 16.7. The topological polar surface area (TPSA) is 21.4 Å². The van der Waals surface area contributed by atoms with Crippen LogP contribution in [0.3, 0.4) is 0 Å². The van der Waals surface area contributed by atoms with Gasteiger partial charge in [-0.05, 0) is 91.0 Å². The molecule has 0 N–H and O–H groups in total. The molecule has 0 saturated heterocycles. The predicted molar refractivity (Wildman–Crippen MR) is 222 cm³/mol. The van der Waals surface area contributed by atoms with Crippen molar-refractivity contribution in [3.63, 3.8) is 0 Å². The number of nitrogens with zero attached hydrogens (tertiary/aromatic N) is 6. The molecule has 0 radical (unpaired) electrons. The third kappa shape index (κ3) is 9.20. The number of rotatable bonds is 12. The Labute approximate surface area is 332 Å². The van der Waals surface area contributed by atoms with Crippen LogP contribution in [0.4, 0.5) is 34.1 Å². The summed E-state index contributed by atoms with van der Waals surface area (Å²) < 4.78 is 6.68. The number of pyridine rings is 3. The van der Waals surface area contributed by atoms with Crippen molar-refractivity contribution in [1.29, 1.82) is 0 Å². The maximum Gasteiger partial charge on any atom is 0.173 e. The van der Waals surface area contributed by atoms with Crippen LogP contribution in [0.2, 0.25) is 15.1 Å².